The molecule has 6 nitrogen and oxygen atoms in total. The zero-order valence-corrected chi connectivity index (χ0v) is 18.9. The molecule has 0 aromatic heterocycles. The molecule has 0 saturated heterocycles. The van der Waals surface area contributed by atoms with Gasteiger partial charge in [0.15, 0.2) is 0 Å². The molecule has 10 heteroatoms. The molecule has 3 aromatic rings. The van der Waals surface area contributed by atoms with Crippen LogP contribution in [0.25, 0.3) is 0 Å². The van der Waals surface area contributed by atoms with Crippen molar-refractivity contribution in [1.29, 1.82) is 0 Å². The minimum atomic E-state index is -5.73. The smallest absolute Gasteiger partial charge is 0.494 e. The molecule has 0 N–H and O–H groups in total. The molecular formula is C24H19F3N2O4S. The van der Waals surface area contributed by atoms with Crippen LogP contribution in [0, 0.1) is 18.8 Å². The van der Waals surface area contributed by atoms with Gasteiger partial charge in [-0.3, -0.25) is 0 Å². The van der Waals surface area contributed by atoms with E-state index in [-0.39, 0.29) is 0 Å². The van der Waals surface area contributed by atoms with Crippen molar-refractivity contribution < 1.29 is 30.5 Å². The van der Waals surface area contributed by atoms with E-state index < -0.39 is 21.4 Å². The summed E-state index contributed by atoms with van der Waals surface area (Å²) in [5, 5.41) is 8.15. The molecule has 0 unspecified atom stereocenters. The molecule has 176 valence electrons. The van der Waals surface area contributed by atoms with Crippen molar-refractivity contribution in [3.8, 4) is 23.3 Å². The Kier molecular flexibility index (Phi) is 7.58. The third kappa shape index (κ3) is 6.59. The van der Waals surface area contributed by atoms with Crippen LogP contribution < -0.4 is 8.92 Å². The molecule has 0 aliphatic heterocycles. The van der Waals surface area contributed by atoms with Gasteiger partial charge in [-0.25, -0.2) is 0 Å². The Labute approximate surface area is 195 Å². The zero-order valence-electron chi connectivity index (χ0n) is 18.1. The Morgan fingerprint density at radius 1 is 0.853 bits per heavy atom. The van der Waals surface area contributed by atoms with Gasteiger partial charge < -0.3 is 8.92 Å². The predicted octanol–water partition coefficient (Wildman–Crippen LogP) is 6.44. The summed E-state index contributed by atoms with van der Waals surface area (Å²) in [6.45, 7) is 4.36. The standard InChI is InChI=1S/C24H19F3N2O4S/c1-3-32-21-11-6-18(7-12-21)4-5-19-8-15-23(17(2)16-19)29-28-20-9-13-22(14-10-20)33-34(30,31)24(25,26)27/h6-16H,3H2,1-2H3. The van der Waals surface area contributed by atoms with E-state index in [1.807, 2.05) is 44.2 Å². The lowest BCUT2D eigenvalue weighted by molar-refractivity contribution is -0.0500. The molecule has 0 atom stereocenters. The lowest BCUT2D eigenvalue weighted by Crippen LogP contribution is -2.27. The Bertz CT molecular complexity index is 1340. The summed E-state index contributed by atoms with van der Waals surface area (Å²) in [6, 6.07) is 17.6. The Hall–Kier alpha value is -3.84. The second-order valence-electron chi connectivity index (χ2n) is 6.89. The summed E-state index contributed by atoms with van der Waals surface area (Å²) in [4.78, 5) is 0. The van der Waals surface area contributed by atoms with Gasteiger partial charge in [0.25, 0.3) is 0 Å². The Morgan fingerprint density at radius 2 is 1.44 bits per heavy atom. The van der Waals surface area contributed by atoms with Gasteiger partial charge in [0.1, 0.15) is 11.5 Å². The van der Waals surface area contributed by atoms with E-state index >= 15 is 0 Å². The Balaban J connectivity index is 1.67. The van der Waals surface area contributed by atoms with Gasteiger partial charge in [-0.15, -0.1) is 0 Å². The number of aryl methyl sites for hydroxylation is 1. The number of azo groups is 1. The maximum absolute atomic E-state index is 12.4. The van der Waals surface area contributed by atoms with E-state index in [0.717, 1.165) is 34.6 Å². The highest BCUT2D eigenvalue weighted by Gasteiger charge is 2.48. The van der Waals surface area contributed by atoms with Gasteiger partial charge in [0.05, 0.1) is 18.0 Å². The molecule has 3 aromatic carbocycles. The van der Waals surface area contributed by atoms with E-state index in [2.05, 4.69) is 26.3 Å². The molecule has 0 spiro atoms. The molecule has 0 aliphatic rings. The largest absolute Gasteiger partial charge is 0.534 e. The van der Waals surface area contributed by atoms with Crippen molar-refractivity contribution in [2.75, 3.05) is 6.61 Å². The molecule has 0 fully saturated rings. The number of nitrogens with zero attached hydrogens (tertiary/aromatic N) is 2. The number of ether oxygens (including phenoxy) is 1. The first-order valence-electron chi connectivity index (χ1n) is 9.95. The second kappa shape index (κ2) is 10.4. The minimum Gasteiger partial charge on any atom is -0.494 e. The van der Waals surface area contributed by atoms with Crippen molar-refractivity contribution in [3.63, 3.8) is 0 Å². The van der Waals surface area contributed by atoms with E-state index in [1.165, 1.54) is 12.1 Å². The molecule has 0 radical (unpaired) electrons. The maximum Gasteiger partial charge on any atom is 0.534 e. The number of hydrogen-bond acceptors (Lipinski definition) is 6. The quantitative estimate of drug-likeness (QED) is 0.173. The van der Waals surface area contributed by atoms with Crippen LogP contribution in [0.5, 0.6) is 11.5 Å². The van der Waals surface area contributed by atoms with Crippen molar-refractivity contribution >= 4 is 21.5 Å². The molecule has 0 heterocycles. The van der Waals surface area contributed by atoms with Crippen molar-refractivity contribution in [1.82, 2.24) is 0 Å². The average Bonchev–Trinajstić information content (AvgIpc) is 2.78. The number of halogens is 3. The number of alkyl halides is 3. The summed E-state index contributed by atoms with van der Waals surface area (Å²) in [7, 11) is -5.73. The number of hydrogen-bond donors (Lipinski definition) is 0. The van der Waals surface area contributed by atoms with Crippen LogP contribution in [0.2, 0.25) is 0 Å². The van der Waals surface area contributed by atoms with Gasteiger partial charge in [-0.05, 0) is 86.1 Å². The second-order valence-corrected chi connectivity index (χ2v) is 8.42. The van der Waals surface area contributed by atoms with Crippen LogP contribution in [0.15, 0.2) is 77.0 Å². The number of rotatable bonds is 6. The normalized spacial score (nSPS) is 11.7. The highest BCUT2D eigenvalue weighted by Crippen LogP contribution is 2.29. The van der Waals surface area contributed by atoms with Crippen LogP contribution in [0.4, 0.5) is 24.5 Å². The first-order valence-corrected chi connectivity index (χ1v) is 11.4. The zero-order chi connectivity index (χ0) is 24.8. The van der Waals surface area contributed by atoms with Gasteiger partial charge in [0.2, 0.25) is 0 Å². The maximum atomic E-state index is 12.4. The monoisotopic (exact) mass is 488 g/mol. The number of benzene rings is 3. The van der Waals surface area contributed by atoms with Gasteiger partial charge >= 0.3 is 15.6 Å². The fourth-order valence-corrected chi connectivity index (χ4v) is 3.10. The van der Waals surface area contributed by atoms with Crippen molar-refractivity contribution in [2.45, 2.75) is 19.4 Å². The van der Waals surface area contributed by atoms with Crippen LogP contribution in [-0.4, -0.2) is 20.5 Å². The average molecular weight is 488 g/mol. The van der Waals surface area contributed by atoms with Crippen molar-refractivity contribution in [2.24, 2.45) is 10.2 Å². The third-order valence-electron chi connectivity index (χ3n) is 4.31. The van der Waals surface area contributed by atoms with Crippen LogP contribution in [-0.2, 0) is 10.1 Å². The van der Waals surface area contributed by atoms with E-state index in [9.17, 15) is 21.6 Å². The summed E-state index contributed by atoms with van der Waals surface area (Å²) >= 11 is 0. The highest BCUT2D eigenvalue weighted by molar-refractivity contribution is 7.88. The van der Waals surface area contributed by atoms with Gasteiger partial charge in [-0.2, -0.15) is 31.8 Å². The molecule has 0 aliphatic carbocycles. The summed E-state index contributed by atoms with van der Waals surface area (Å²) in [6.07, 6.45) is 0. The van der Waals surface area contributed by atoms with Gasteiger partial charge in [0, 0.05) is 11.1 Å². The Morgan fingerprint density at radius 3 is 2.03 bits per heavy atom. The molecular weight excluding hydrogens is 469 g/mol. The van der Waals surface area contributed by atoms with Crippen LogP contribution in [0.1, 0.15) is 23.6 Å². The lowest BCUT2D eigenvalue weighted by atomic mass is 10.1. The molecule has 34 heavy (non-hydrogen) atoms. The van der Waals surface area contributed by atoms with E-state index in [1.54, 1.807) is 12.1 Å². The predicted molar refractivity (Wildman–Crippen MR) is 121 cm³/mol. The SMILES string of the molecule is CCOc1ccc(C#Cc2ccc(N=Nc3ccc(OS(=O)(=O)C(F)(F)F)cc3)c(C)c2)cc1. The summed E-state index contributed by atoms with van der Waals surface area (Å²) < 4.78 is 68.7. The first-order chi connectivity index (χ1) is 16.1. The molecule has 3 rings (SSSR count). The fourth-order valence-electron chi connectivity index (χ4n) is 2.64. The van der Waals surface area contributed by atoms with Gasteiger partial charge in [-0.1, -0.05) is 11.8 Å². The molecule has 0 amide bonds. The van der Waals surface area contributed by atoms with Crippen LogP contribution in [0.3, 0.4) is 0 Å². The molecule has 0 saturated carbocycles. The summed E-state index contributed by atoms with van der Waals surface area (Å²) in [5.74, 6) is 6.47. The highest BCUT2D eigenvalue weighted by atomic mass is 32.2. The molecule has 0 bridgehead atoms. The van der Waals surface area contributed by atoms with E-state index in [4.69, 9.17) is 4.74 Å². The fraction of sp³-hybridized carbons (Fsp3) is 0.167. The third-order valence-corrected chi connectivity index (χ3v) is 5.29. The van der Waals surface area contributed by atoms with Crippen LogP contribution >= 0.6 is 0 Å². The van der Waals surface area contributed by atoms with Crippen molar-refractivity contribution in [3.05, 3.63) is 83.4 Å². The topological polar surface area (TPSA) is 77.3 Å². The first kappa shape index (κ1) is 24.8. The minimum absolute atomic E-state index is 0.301. The lowest BCUT2D eigenvalue weighted by Gasteiger charge is -2.09. The summed E-state index contributed by atoms with van der Waals surface area (Å²) in [5.41, 5.74) is -2.17. The van der Waals surface area contributed by atoms with E-state index in [0.29, 0.717) is 18.0 Å².